The van der Waals surface area contributed by atoms with Gasteiger partial charge < -0.3 is 14.8 Å². The molecule has 1 heterocycles. The first-order chi connectivity index (χ1) is 11.5. The van der Waals surface area contributed by atoms with Gasteiger partial charge in [-0.25, -0.2) is 4.39 Å². The molecule has 0 spiro atoms. The van der Waals surface area contributed by atoms with Crippen molar-refractivity contribution in [2.45, 2.75) is 25.2 Å². The van der Waals surface area contributed by atoms with Crippen molar-refractivity contribution in [3.05, 3.63) is 51.7 Å². The lowest BCUT2D eigenvalue weighted by molar-refractivity contribution is -0.118. The summed E-state index contributed by atoms with van der Waals surface area (Å²) in [5, 5.41) is 2.73. The minimum Gasteiger partial charge on any atom is -0.454 e. The van der Waals surface area contributed by atoms with Crippen LogP contribution in [-0.4, -0.2) is 12.7 Å². The molecule has 2 aromatic rings. The van der Waals surface area contributed by atoms with Gasteiger partial charge in [0.2, 0.25) is 12.7 Å². The van der Waals surface area contributed by atoms with E-state index in [9.17, 15) is 9.18 Å². The third kappa shape index (κ3) is 2.45. The lowest BCUT2D eigenvalue weighted by Crippen LogP contribution is -2.28. The van der Waals surface area contributed by atoms with Gasteiger partial charge in [-0.2, -0.15) is 0 Å². The van der Waals surface area contributed by atoms with Crippen molar-refractivity contribution >= 4 is 27.5 Å². The summed E-state index contributed by atoms with van der Waals surface area (Å²) in [6.07, 6.45) is 1.46. The van der Waals surface area contributed by atoms with E-state index in [4.69, 9.17) is 9.47 Å². The molecular formula is C18H15BrFNO3. The highest BCUT2D eigenvalue weighted by atomic mass is 79.9. The minimum atomic E-state index is -0.620. The number of hydrogen-bond donors (Lipinski definition) is 1. The standard InChI is InChI=1S/C18H15BrFNO3/c1-10-6-13(20)14(8-12(10)19)21-17(22)18(4-5-18)11-2-3-15-16(7-11)24-9-23-15/h2-3,6-8H,4-5,9H2,1H3,(H,21,22). The van der Waals surface area contributed by atoms with Crippen LogP contribution in [0.2, 0.25) is 0 Å². The van der Waals surface area contributed by atoms with E-state index in [2.05, 4.69) is 21.2 Å². The van der Waals surface area contributed by atoms with Gasteiger partial charge in [0.05, 0.1) is 11.1 Å². The fourth-order valence-corrected chi connectivity index (χ4v) is 3.29. The number of fused-ring (bicyclic) bond motifs is 1. The molecule has 124 valence electrons. The molecule has 1 saturated carbocycles. The molecule has 0 unspecified atom stereocenters. The number of aryl methyl sites for hydroxylation is 1. The van der Waals surface area contributed by atoms with Crippen molar-refractivity contribution in [3.8, 4) is 11.5 Å². The van der Waals surface area contributed by atoms with E-state index >= 15 is 0 Å². The van der Waals surface area contributed by atoms with Crippen LogP contribution in [0.25, 0.3) is 0 Å². The Kier molecular flexibility index (Phi) is 3.53. The van der Waals surface area contributed by atoms with E-state index in [1.54, 1.807) is 13.0 Å². The summed E-state index contributed by atoms with van der Waals surface area (Å²) in [6, 6.07) is 8.53. The Balaban J connectivity index is 1.61. The summed E-state index contributed by atoms with van der Waals surface area (Å²) in [4.78, 5) is 12.8. The van der Waals surface area contributed by atoms with Crippen LogP contribution in [0.1, 0.15) is 24.0 Å². The molecule has 24 heavy (non-hydrogen) atoms. The second-order valence-corrected chi connectivity index (χ2v) is 7.04. The lowest BCUT2D eigenvalue weighted by atomic mass is 9.94. The van der Waals surface area contributed by atoms with Crippen LogP contribution in [0, 0.1) is 12.7 Å². The normalized spacial score (nSPS) is 16.8. The first-order valence-electron chi connectivity index (χ1n) is 7.67. The highest BCUT2D eigenvalue weighted by Crippen LogP contribution is 2.51. The Bertz CT molecular complexity index is 848. The molecule has 0 radical (unpaired) electrons. The molecule has 0 bridgehead atoms. The van der Waals surface area contributed by atoms with Gasteiger partial charge in [0.1, 0.15) is 5.82 Å². The van der Waals surface area contributed by atoms with E-state index in [0.29, 0.717) is 11.5 Å². The monoisotopic (exact) mass is 391 g/mol. The van der Waals surface area contributed by atoms with Gasteiger partial charge in [-0.05, 0) is 55.2 Å². The van der Waals surface area contributed by atoms with Gasteiger partial charge in [-0.1, -0.05) is 22.0 Å². The van der Waals surface area contributed by atoms with E-state index in [1.807, 2.05) is 18.2 Å². The first-order valence-corrected chi connectivity index (χ1v) is 8.46. The SMILES string of the molecule is Cc1cc(F)c(NC(=O)C2(c3ccc4c(c3)OCO4)CC2)cc1Br. The van der Waals surface area contributed by atoms with Gasteiger partial charge >= 0.3 is 0 Å². The molecule has 4 rings (SSSR count). The number of nitrogens with one attached hydrogen (secondary N) is 1. The summed E-state index contributed by atoms with van der Waals surface area (Å²) in [5.41, 5.74) is 1.22. The van der Waals surface area contributed by atoms with Crippen LogP contribution in [0.5, 0.6) is 11.5 Å². The quantitative estimate of drug-likeness (QED) is 0.848. The van der Waals surface area contributed by atoms with Crippen molar-refractivity contribution < 1.29 is 18.7 Å². The summed E-state index contributed by atoms with van der Waals surface area (Å²) in [5.74, 6) is 0.695. The molecule has 1 aliphatic carbocycles. The smallest absolute Gasteiger partial charge is 0.235 e. The van der Waals surface area contributed by atoms with Gasteiger partial charge in [0, 0.05) is 4.47 Å². The molecule has 2 aliphatic rings. The van der Waals surface area contributed by atoms with Crippen LogP contribution in [0.4, 0.5) is 10.1 Å². The number of hydrogen-bond acceptors (Lipinski definition) is 3. The fourth-order valence-electron chi connectivity index (χ4n) is 2.95. The average Bonchev–Trinajstić information content (AvgIpc) is 3.24. The summed E-state index contributed by atoms with van der Waals surface area (Å²) in [6.45, 7) is 1.99. The molecule has 4 nitrogen and oxygen atoms in total. The Morgan fingerprint density at radius 1 is 1.21 bits per heavy atom. The number of benzene rings is 2. The van der Waals surface area contributed by atoms with Gasteiger partial charge in [-0.15, -0.1) is 0 Å². The third-order valence-electron chi connectivity index (χ3n) is 4.61. The largest absolute Gasteiger partial charge is 0.454 e. The molecule has 0 aromatic heterocycles. The van der Waals surface area contributed by atoms with Gasteiger partial charge in [0.15, 0.2) is 11.5 Å². The number of amides is 1. The molecule has 0 saturated heterocycles. The van der Waals surface area contributed by atoms with Gasteiger partial charge in [-0.3, -0.25) is 4.79 Å². The molecule has 0 atom stereocenters. The van der Waals surface area contributed by atoms with E-state index in [-0.39, 0.29) is 18.4 Å². The van der Waals surface area contributed by atoms with Crippen LogP contribution in [0.3, 0.4) is 0 Å². The summed E-state index contributed by atoms with van der Waals surface area (Å²) in [7, 11) is 0. The molecule has 1 amide bonds. The Labute approximate surface area is 147 Å². The van der Waals surface area contributed by atoms with Crippen LogP contribution in [0.15, 0.2) is 34.8 Å². The Morgan fingerprint density at radius 2 is 1.96 bits per heavy atom. The highest BCUT2D eigenvalue weighted by molar-refractivity contribution is 9.10. The maximum atomic E-state index is 14.1. The average molecular weight is 392 g/mol. The number of rotatable bonds is 3. The first kappa shape index (κ1) is 15.4. The van der Waals surface area contributed by atoms with E-state index in [0.717, 1.165) is 28.4 Å². The third-order valence-corrected chi connectivity index (χ3v) is 5.46. The summed E-state index contributed by atoms with van der Waals surface area (Å²) < 4.78 is 25.6. The lowest BCUT2D eigenvalue weighted by Gasteiger charge is -2.17. The zero-order chi connectivity index (χ0) is 16.9. The fraction of sp³-hybridized carbons (Fsp3) is 0.278. The predicted octanol–water partition coefficient (Wildman–Crippen LogP) is 4.30. The van der Waals surface area contributed by atoms with Crippen molar-refractivity contribution in [2.75, 3.05) is 12.1 Å². The molecule has 2 aromatic carbocycles. The van der Waals surface area contributed by atoms with E-state index in [1.165, 1.54) is 6.07 Å². The minimum absolute atomic E-state index is 0.185. The highest BCUT2D eigenvalue weighted by Gasteiger charge is 2.51. The van der Waals surface area contributed by atoms with Crippen molar-refractivity contribution in [2.24, 2.45) is 0 Å². The van der Waals surface area contributed by atoms with Crippen LogP contribution >= 0.6 is 15.9 Å². The van der Waals surface area contributed by atoms with Gasteiger partial charge in [0.25, 0.3) is 0 Å². The number of carbonyl (C=O) groups excluding carboxylic acids is 1. The maximum absolute atomic E-state index is 14.1. The van der Waals surface area contributed by atoms with Crippen molar-refractivity contribution in [3.63, 3.8) is 0 Å². The second kappa shape index (κ2) is 5.48. The topological polar surface area (TPSA) is 47.6 Å². The number of ether oxygens (including phenoxy) is 2. The zero-order valence-electron chi connectivity index (χ0n) is 13.0. The summed E-state index contributed by atoms with van der Waals surface area (Å²) >= 11 is 3.37. The molecule has 1 aliphatic heterocycles. The number of halogens is 2. The zero-order valence-corrected chi connectivity index (χ0v) is 14.6. The van der Waals surface area contributed by atoms with Crippen LogP contribution < -0.4 is 14.8 Å². The molecule has 1 N–H and O–H groups in total. The Hall–Kier alpha value is -2.08. The second-order valence-electron chi connectivity index (χ2n) is 6.19. The van der Waals surface area contributed by atoms with E-state index < -0.39 is 11.2 Å². The van der Waals surface area contributed by atoms with Crippen LogP contribution in [-0.2, 0) is 10.2 Å². The number of carbonyl (C=O) groups is 1. The number of anilines is 1. The van der Waals surface area contributed by atoms with Crippen molar-refractivity contribution in [1.29, 1.82) is 0 Å². The predicted molar refractivity (Wildman–Crippen MR) is 90.9 cm³/mol. The Morgan fingerprint density at radius 3 is 2.71 bits per heavy atom. The molecular weight excluding hydrogens is 377 g/mol. The maximum Gasteiger partial charge on any atom is 0.235 e. The molecule has 6 heteroatoms. The van der Waals surface area contributed by atoms with Crippen molar-refractivity contribution in [1.82, 2.24) is 0 Å². The molecule has 1 fully saturated rings.